The van der Waals surface area contributed by atoms with Crippen molar-refractivity contribution in [3.8, 4) is 5.69 Å². The van der Waals surface area contributed by atoms with Crippen LogP contribution in [0, 0.1) is 5.82 Å². The van der Waals surface area contributed by atoms with Crippen molar-refractivity contribution in [1.82, 2.24) is 14.5 Å². The molecule has 9 heteroatoms. The summed E-state index contributed by atoms with van der Waals surface area (Å²) in [6.07, 6.45) is 4.57. The lowest BCUT2D eigenvalue weighted by molar-refractivity contribution is -0.132. The molecule has 28 heavy (non-hydrogen) atoms. The van der Waals surface area contributed by atoms with E-state index in [4.69, 9.17) is 0 Å². The van der Waals surface area contributed by atoms with Gasteiger partial charge in [-0.25, -0.2) is 17.8 Å². The highest BCUT2D eigenvalue weighted by Crippen LogP contribution is 2.25. The fourth-order valence-electron chi connectivity index (χ4n) is 3.42. The number of aromatic nitrogens is 2. The second kappa shape index (κ2) is 8.65. The molecule has 1 amide bonds. The van der Waals surface area contributed by atoms with Gasteiger partial charge in [-0.2, -0.15) is 0 Å². The second-order valence-electron chi connectivity index (χ2n) is 6.96. The maximum absolute atomic E-state index is 13.5. The van der Waals surface area contributed by atoms with Gasteiger partial charge in [0.05, 0.1) is 22.9 Å². The third kappa shape index (κ3) is 4.75. The molecule has 2 atom stereocenters. The molecular weight excluding hydrogens is 401 g/mol. The minimum atomic E-state index is -3.07. The molecule has 1 aromatic carbocycles. The number of benzene rings is 1. The molecule has 0 N–H and O–H groups in total. The van der Waals surface area contributed by atoms with E-state index in [0.29, 0.717) is 17.3 Å². The zero-order valence-corrected chi connectivity index (χ0v) is 17.5. The fourth-order valence-corrected chi connectivity index (χ4v) is 5.97. The first-order valence-corrected chi connectivity index (χ1v) is 12.0. The molecule has 0 radical (unpaired) electrons. The summed E-state index contributed by atoms with van der Waals surface area (Å²) >= 11 is 1.27. The Balaban J connectivity index is 1.73. The number of imidazole rings is 1. The van der Waals surface area contributed by atoms with Crippen LogP contribution in [0.3, 0.4) is 0 Å². The van der Waals surface area contributed by atoms with E-state index in [1.54, 1.807) is 34.0 Å². The summed E-state index contributed by atoms with van der Waals surface area (Å²) in [5.74, 6) is -0.132. The molecule has 1 aliphatic rings. The highest BCUT2D eigenvalue weighted by Gasteiger charge is 2.36. The molecule has 0 unspecified atom stereocenters. The number of sulfone groups is 1. The number of halogens is 1. The van der Waals surface area contributed by atoms with Crippen LogP contribution in [0.2, 0.25) is 0 Å². The number of nitrogens with zero attached hydrogens (tertiary/aromatic N) is 3. The molecule has 6 nitrogen and oxygen atoms in total. The van der Waals surface area contributed by atoms with Crippen LogP contribution in [0.1, 0.15) is 26.7 Å². The van der Waals surface area contributed by atoms with Gasteiger partial charge in [0.15, 0.2) is 15.0 Å². The third-order valence-corrected chi connectivity index (χ3v) is 7.68. The maximum atomic E-state index is 13.5. The van der Waals surface area contributed by atoms with Crippen molar-refractivity contribution in [3.63, 3.8) is 0 Å². The monoisotopic (exact) mass is 425 g/mol. The summed E-state index contributed by atoms with van der Waals surface area (Å²) in [5.41, 5.74) is 0.633. The van der Waals surface area contributed by atoms with Crippen molar-refractivity contribution in [3.05, 3.63) is 42.5 Å². The van der Waals surface area contributed by atoms with Crippen molar-refractivity contribution in [2.45, 2.75) is 43.9 Å². The summed E-state index contributed by atoms with van der Waals surface area (Å²) in [4.78, 5) is 19.0. The van der Waals surface area contributed by atoms with Crippen LogP contribution in [-0.4, -0.2) is 58.1 Å². The number of hydrogen-bond acceptors (Lipinski definition) is 5. The van der Waals surface area contributed by atoms with Crippen molar-refractivity contribution >= 4 is 27.5 Å². The highest BCUT2D eigenvalue weighted by molar-refractivity contribution is 7.99. The van der Waals surface area contributed by atoms with E-state index < -0.39 is 9.84 Å². The largest absolute Gasteiger partial charge is 0.335 e. The van der Waals surface area contributed by atoms with Crippen molar-refractivity contribution in [1.29, 1.82) is 0 Å². The first kappa shape index (κ1) is 20.9. The highest BCUT2D eigenvalue weighted by atomic mass is 32.2. The average molecular weight is 426 g/mol. The number of carbonyl (C=O) groups is 1. The standard InChI is InChI=1S/C19H24FN3O3S2/c1-3-14(2)23(17-7-10-28(25,26)13-17)18(24)12-27-19-21-8-9-22(19)16-6-4-5-15(20)11-16/h4-6,8-9,11,14,17H,3,7,10,12-13H2,1-2H3/t14-,17-/m0/s1. The number of amides is 1. The molecule has 0 saturated carbocycles. The van der Waals surface area contributed by atoms with Gasteiger partial charge >= 0.3 is 0 Å². The quantitative estimate of drug-likeness (QED) is 0.638. The van der Waals surface area contributed by atoms with Crippen LogP contribution >= 0.6 is 11.8 Å². The summed E-state index contributed by atoms with van der Waals surface area (Å²) in [6.45, 7) is 3.93. The molecule has 1 aliphatic heterocycles. The van der Waals surface area contributed by atoms with Gasteiger partial charge in [-0.1, -0.05) is 24.8 Å². The number of carbonyl (C=O) groups excluding carboxylic acids is 1. The molecule has 1 fully saturated rings. The maximum Gasteiger partial charge on any atom is 0.233 e. The molecule has 0 bridgehead atoms. The summed E-state index contributed by atoms with van der Waals surface area (Å²) < 4.78 is 39.0. The lowest BCUT2D eigenvalue weighted by atomic mass is 10.1. The van der Waals surface area contributed by atoms with E-state index in [9.17, 15) is 17.6 Å². The molecule has 1 aromatic heterocycles. The number of hydrogen-bond donors (Lipinski definition) is 0. The van der Waals surface area contributed by atoms with E-state index in [1.165, 1.54) is 23.9 Å². The molecule has 2 heterocycles. The minimum Gasteiger partial charge on any atom is -0.335 e. The molecule has 152 valence electrons. The lowest BCUT2D eigenvalue weighted by Crippen LogP contribution is -2.47. The predicted octanol–water partition coefficient (Wildman–Crippen LogP) is 2.92. The van der Waals surface area contributed by atoms with E-state index in [0.717, 1.165) is 6.42 Å². The smallest absolute Gasteiger partial charge is 0.233 e. The number of rotatable bonds is 7. The van der Waals surface area contributed by atoms with Crippen LogP contribution in [0.4, 0.5) is 4.39 Å². The van der Waals surface area contributed by atoms with Crippen molar-refractivity contribution in [2.75, 3.05) is 17.3 Å². The van der Waals surface area contributed by atoms with E-state index in [-0.39, 0.29) is 41.1 Å². The van der Waals surface area contributed by atoms with Crippen molar-refractivity contribution < 1.29 is 17.6 Å². The first-order chi connectivity index (χ1) is 13.3. The zero-order valence-electron chi connectivity index (χ0n) is 15.9. The first-order valence-electron chi connectivity index (χ1n) is 9.24. The third-order valence-electron chi connectivity index (χ3n) is 4.97. The second-order valence-corrected chi connectivity index (χ2v) is 10.1. The van der Waals surface area contributed by atoms with E-state index in [2.05, 4.69) is 4.98 Å². The Labute approximate surface area is 169 Å². The molecular formula is C19H24FN3O3S2. The molecule has 0 aliphatic carbocycles. The Morgan fingerprint density at radius 3 is 2.89 bits per heavy atom. The molecule has 3 rings (SSSR count). The van der Waals surface area contributed by atoms with Crippen LogP contribution < -0.4 is 0 Å². The van der Waals surface area contributed by atoms with Crippen molar-refractivity contribution in [2.24, 2.45) is 0 Å². The van der Waals surface area contributed by atoms with Gasteiger partial charge in [-0.3, -0.25) is 9.36 Å². The Morgan fingerprint density at radius 2 is 2.25 bits per heavy atom. The van der Waals surface area contributed by atoms with Crippen LogP contribution in [-0.2, 0) is 14.6 Å². The average Bonchev–Trinajstić information content (AvgIpc) is 3.26. The van der Waals surface area contributed by atoms with Gasteiger partial charge in [0.2, 0.25) is 5.91 Å². The predicted molar refractivity (Wildman–Crippen MR) is 108 cm³/mol. The topological polar surface area (TPSA) is 72.3 Å². The summed E-state index contributed by atoms with van der Waals surface area (Å²) in [6, 6.07) is 5.87. The van der Waals surface area contributed by atoms with Gasteiger partial charge < -0.3 is 4.90 Å². The normalized spacial score (nSPS) is 19.5. The molecule has 0 spiro atoms. The van der Waals surface area contributed by atoms with E-state index in [1.807, 2.05) is 13.8 Å². The van der Waals surface area contributed by atoms with Gasteiger partial charge in [-0.15, -0.1) is 0 Å². The zero-order chi connectivity index (χ0) is 20.3. The SMILES string of the molecule is CC[C@H](C)N(C(=O)CSc1nccn1-c1cccc(F)c1)[C@H]1CCS(=O)(=O)C1. The van der Waals surface area contributed by atoms with Gasteiger partial charge in [0, 0.05) is 24.5 Å². The summed E-state index contributed by atoms with van der Waals surface area (Å²) in [5, 5.41) is 0.585. The lowest BCUT2D eigenvalue weighted by Gasteiger charge is -2.33. The Morgan fingerprint density at radius 1 is 1.46 bits per heavy atom. The summed E-state index contributed by atoms with van der Waals surface area (Å²) in [7, 11) is -3.07. The van der Waals surface area contributed by atoms with Crippen LogP contribution in [0.15, 0.2) is 41.8 Å². The molecule has 1 saturated heterocycles. The molecule has 2 aromatic rings. The van der Waals surface area contributed by atoms with Gasteiger partial charge in [0.1, 0.15) is 5.82 Å². The Kier molecular flexibility index (Phi) is 6.44. The number of thioether (sulfide) groups is 1. The van der Waals surface area contributed by atoms with E-state index >= 15 is 0 Å². The minimum absolute atomic E-state index is 0.0330. The van der Waals surface area contributed by atoms with Crippen LogP contribution in [0.5, 0.6) is 0 Å². The van der Waals surface area contributed by atoms with Crippen LogP contribution in [0.25, 0.3) is 5.69 Å². The van der Waals surface area contributed by atoms with Gasteiger partial charge in [0.25, 0.3) is 0 Å². The Bertz CT molecular complexity index is 945. The Hall–Kier alpha value is -1.87. The van der Waals surface area contributed by atoms with Gasteiger partial charge in [-0.05, 0) is 38.0 Å². The fraction of sp³-hybridized carbons (Fsp3) is 0.474.